The van der Waals surface area contributed by atoms with Gasteiger partial charge in [0.2, 0.25) is 0 Å². The van der Waals surface area contributed by atoms with Gasteiger partial charge in [0.15, 0.2) is 0 Å². The molecule has 2 unspecified atom stereocenters. The molecule has 88 valence electrons. The Morgan fingerprint density at radius 3 is 2.69 bits per heavy atom. The van der Waals surface area contributed by atoms with Crippen LogP contribution in [-0.4, -0.2) is 18.2 Å². The minimum atomic E-state index is -0.757. The van der Waals surface area contributed by atoms with Crippen molar-refractivity contribution >= 4 is 17.6 Å². The van der Waals surface area contributed by atoms with Gasteiger partial charge in [-0.1, -0.05) is 36.7 Å². The molecule has 0 radical (unpaired) electrons. The van der Waals surface area contributed by atoms with Gasteiger partial charge in [0, 0.05) is 5.02 Å². The highest BCUT2D eigenvalue weighted by molar-refractivity contribution is 6.31. The van der Waals surface area contributed by atoms with Crippen molar-refractivity contribution in [3.8, 4) is 0 Å². The average molecular weight is 243 g/mol. The summed E-state index contributed by atoms with van der Waals surface area (Å²) in [5, 5.41) is 10.5. The minimum absolute atomic E-state index is 0.170. The summed E-state index contributed by atoms with van der Waals surface area (Å²) in [6.07, 6.45) is -0.587. The number of aliphatic hydroxyl groups is 1. The summed E-state index contributed by atoms with van der Waals surface area (Å²) in [5.41, 5.74) is 0.639. The largest absolute Gasteiger partial charge is 0.469 e. The Hall–Kier alpha value is -1.06. The predicted octanol–water partition coefficient (Wildman–Crippen LogP) is 2.57. The molecule has 0 fully saturated rings. The molecule has 0 saturated carbocycles. The Labute approximate surface area is 100.0 Å². The molecule has 1 aromatic carbocycles. The first-order chi connectivity index (χ1) is 7.56. The van der Waals surface area contributed by atoms with Crippen LogP contribution in [0.3, 0.4) is 0 Å². The molecule has 0 amide bonds. The summed E-state index contributed by atoms with van der Waals surface area (Å²) >= 11 is 5.96. The molecule has 4 heteroatoms. The molecule has 1 rings (SSSR count). The van der Waals surface area contributed by atoms with Crippen molar-refractivity contribution in [2.24, 2.45) is 5.92 Å². The predicted molar refractivity (Wildman–Crippen MR) is 62.2 cm³/mol. The van der Waals surface area contributed by atoms with Crippen LogP contribution in [0.5, 0.6) is 0 Å². The molecule has 0 saturated heterocycles. The van der Waals surface area contributed by atoms with Crippen LogP contribution in [0.1, 0.15) is 25.0 Å². The fourth-order valence-electron chi connectivity index (χ4n) is 1.48. The highest BCUT2D eigenvalue weighted by Gasteiger charge is 2.21. The molecule has 1 aromatic rings. The number of carbonyl (C=O) groups excluding carboxylic acids is 1. The molecular weight excluding hydrogens is 228 g/mol. The number of rotatable bonds is 4. The standard InChI is InChI=1S/C12H15ClO3/c1-8(7-11(14)16-2)12(15)9-5-3-4-6-10(9)13/h3-6,8,12,15H,7H2,1-2H3. The van der Waals surface area contributed by atoms with Crippen molar-refractivity contribution in [2.75, 3.05) is 7.11 Å². The first-order valence-electron chi connectivity index (χ1n) is 5.05. The second kappa shape index (κ2) is 5.87. The maximum atomic E-state index is 11.1. The zero-order valence-corrected chi connectivity index (χ0v) is 10.1. The van der Waals surface area contributed by atoms with E-state index in [4.69, 9.17) is 11.6 Å². The van der Waals surface area contributed by atoms with Crippen LogP contribution in [-0.2, 0) is 9.53 Å². The number of hydrogen-bond acceptors (Lipinski definition) is 3. The molecule has 0 spiro atoms. The SMILES string of the molecule is COC(=O)CC(C)C(O)c1ccccc1Cl. The van der Waals surface area contributed by atoms with Crippen molar-refractivity contribution < 1.29 is 14.6 Å². The topological polar surface area (TPSA) is 46.5 Å². The number of halogens is 1. The lowest BCUT2D eigenvalue weighted by Crippen LogP contribution is -2.15. The lowest BCUT2D eigenvalue weighted by Gasteiger charge is -2.19. The van der Waals surface area contributed by atoms with Gasteiger partial charge in [0.05, 0.1) is 19.6 Å². The fraction of sp³-hybridized carbons (Fsp3) is 0.417. The van der Waals surface area contributed by atoms with Gasteiger partial charge in [-0.2, -0.15) is 0 Å². The highest BCUT2D eigenvalue weighted by Crippen LogP contribution is 2.29. The maximum Gasteiger partial charge on any atom is 0.305 e. The van der Waals surface area contributed by atoms with Crippen molar-refractivity contribution in [2.45, 2.75) is 19.4 Å². The summed E-state index contributed by atoms with van der Waals surface area (Å²) in [4.78, 5) is 11.1. The zero-order chi connectivity index (χ0) is 12.1. The molecule has 1 N–H and O–H groups in total. The normalized spacial score (nSPS) is 14.2. The van der Waals surface area contributed by atoms with E-state index in [9.17, 15) is 9.90 Å². The number of methoxy groups -OCH3 is 1. The second-order valence-electron chi connectivity index (χ2n) is 3.72. The Bertz CT molecular complexity index is 365. The molecule has 0 bridgehead atoms. The van der Waals surface area contributed by atoms with E-state index in [1.54, 1.807) is 31.2 Å². The molecule has 0 aliphatic carbocycles. The lowest BCUT2D eigenvalue weighted by atomic mass is 9.95. The number of benzene rings is 1. The molecule has 3 nitrogen and oxygen atoms in total. The van der Waals surface area contributed by atoms with E-state index in [0.717, 1.165) is 0 Å². The van der Waals surface area contributed by atoms with Crippen LogP contribution in [0, 0.1) is 5.92 Å². The summed E-state index contributed by atoms with van der Waals surface area (Å²) in [7, 11) is 1.33. The number of carbonyl (C=O) groups is 1. The first-order valence-corrected chi connectivity index (χ1v) is 5.43. The monoisotopic (exact) mass is 242 g/mol. The maximum absolute atomic E-state index is 11.1. The minimum Gasteiger partial charge on any atom is -0.469 e. The summed E-state index contributed by atoms with van der Waals surface area (Å²) in [5.74, 6) is -0.564. The Morgan fingerprint density at radius 1 is 1.50 bits per heavy atom. The van der Waals surface area contributed by atoms with Crippen molar-refractivity contribution in [1.29, 1.82) is 0 Å². The first kappa shape index (κ1) is 13.0. The van der Waals surface area contributed by atoms with Gasteiger partial charge in [-0.3, -0.25) is 4.79 Å². The molecule has 16 heavy (non-hydrogen) atoms. The van der Waals surface area contributed by atoms with Crippen LogP contribution >= 0.6 is 11.6 Å². The van der Waals surface area contributed by atoms with Gasteiger partial charge in [0.25, 0.3) is 0 Å². The molecule has 2 atom stereocenters. The summed E-state index contributed by atoms with van der Waals surface area (Å²) in [6, 6.07) is 7.06. The van der Waals surface area contributed by atoms with E-state index in [0.29, 0.717) is 10.6 Å². The van der Waals surface area contributed by atoms with E-state index in [-0.39, 0.29) is 18.3 Å². The summed E-state index contributed by atoms with van der Waals surface area (Å²) < 4.78 is 4.55. The smallest absolute Gasteiger partial charge is 0.305 e. The third kappa shape index (κ3) is 3.22. The van der Waals surface area contributed by atoms with Gasteiger partial charge in [-0.15, -0.1) is 0 Å². The van der Waals surface area contributed by atoms with Gasteiger partial charge < -0.3 is 9.84 Å². The Kier molecular flexibility index (Phi) is 4.77. The Morgan fingerprint density at radius 2 is 2.12 bits per heavy atom. The zero-order valence-electron chi connectivity index (χ0n) is 9.31. The van der Waals surface area contributed by atoms with Gasteiger partial charge in [-0.25, -0.2) is 0 Å². The number of ether oxygens (including phenoxy) is 1. The van der Waals surface area contributed by atoms with Gasteiger partial charge in [0.1, 0.15) is 0 Å². The van der Waals surface area contributed by atoms with Crippen molar-refractivity contribution in [3.63, 3.8) is 0 Å². The second-order valence-corrected chi connectivity index (χ2v) is 4.13. The van der Waals surface area contributed by atoms with Gasteiger partial charge in [-0.05, 0) is 17.5 Å². The number of hydrogen-bond donors (Lipinski definition) is 1. The quantitative estimate of drug-likeness (QED) is 0.826. The molecular formula is C12H15ClO3. The van der Waals surface area contributed by atoms with Crippen molar-refractivity contribution in [1.82, 2.24) is 0 Å². The molecule has 0 aliphatic heterocycles. The van der Waals surface area contributed by atoms with E-state index >= 15 is 0 Å². The van der Waals surface area contributed by atoms with Crippen LogP contribution in [0.4, 0.5) is 0 Å². The summed E-state index contributed by atoms with van der Waals surface area (Å²) in [6.45, 7) is 1.78. The lowest BCUT2D eigenvalue weighted by molar-refractivity contribution is -0.142. The molecule has 0 aliphatic rings. The van der Waals surface area contributed by atoms with Gasteiger partial charge >= 0.3 is 5.97 Å². The van der Waals surface area contributed by atoms with E-state index < -0.39 is 6.10 Å². The number of esters is 1. The average Bonchev–Trinajstić information content (AvgIpc) is 2.28. The molecule has 0 aromatic heterocycles. The highest BCUT2D eigenvalue weighted by atomic mass is 35.5. The van der Waals surface area contributed by atoms with Crippen LogP contribution in [0.2, 0.25) is 5.02 Å². The fourth-order valence-corrected chi connectivity index (χ4v) is 1.73. The van der Waals surface area contributed by atoms with Crippen LogP contribution in [0.15, 0.2) is 24.3 Å². The van der Waals surface area contributed by atoms with Crippen LogP contribution in [0.25, 0.3) is 0 Å². The van der Waals surface area contributed by atoms with Crippen LogP contribution < -0.4 is 0 Å². The Balaban J connectivity index is 2.74. The van der Waals surface area contributed by atoms with E-state index in [1.165, 1.54) is 7.11 Å². The van der Waals surface area contributed by atoms with E-state index in [1.807, 2.05) is 0 Å². The van der Waals surface area contributed by atoms with E-state index in [2.05, 4.69) is 4.74 Å². The third-order valence-electron chi connectivity index (χ3n) is 2.48. The molecule has 0 heterocycles. The number of aliphatic hydroxyl groups excluding tert-OH is 1. The van der Waals surface area contributed by atoms with Crippen molar-refractivity contribution in [3.05, 3.63) is 34.9 Å². The third-order valence-corrected chi connectivity index (χ3v) is 2.82.